The van der Waals surface area contributed by atoms with Crippen LogP contribution in [-0.4, -0.2) is 49.6 Å². The molecule has 0 bridgehead atoms. The van der Waals surface area contributed by atoms with E-state index in [1.807, 2.05) is 0 Å². The van der Waals surface area contributed by atoms with E-state index >= 15 is 0 Å². The molecule has 0 saturated carbocycles. The molecule has 1 aromatic carbocycles. The van der Waals surface area contributed by atoms with Gasteiger partial charge in [0.25, 0.3) is 5.91 Å². The van der Waals surface area contributed by atoms with Crippen LogP contribution in [0.5, 0.6) is 5.75 Å². The first kappa shape index (κ1) is 17.0. The van der Waals surface area contributed by atoms with Crippen molar-refractivity contribution in [1.29, 1.82) is 0 Å². The molecule has 0 atom stereocenters. The number of nitrogen functional groups attached to an aromatic ring is 1. The second-order valence-corrected chi connectivity index (χ2v) is 4.96. The van der Waals surface area contributed by atoms with E-state index in [2.05, 4.69) is 35.8 Å². The molecule has 0 spiro atoms. The number of amides is 1. The number of carbonyl (C=O) groups is 1. The average Bonchev–Trinajstić information content (AvgIpc) is 3.23. The highest BCUT2D eigenvalue weighted by molar-refractivity contribution is 5.94. The van der Waals surface area contributed by atoms with Crippen molar-refractivity contribution in [3.63, 3.8) is 0 Å². The maximum Gasteiger partial charge on any atom is 0.293 e. The molecular weight excluding hydrogens is 344 g/mol. The number of methoxy groups -OCH3 is 1. The molecule has 2 heterocycles. The van der Waals surface area contributed by atoms with Gasteiger partial charge in [-0.05, 0) is 22.4 Å². The fourth-order valence-corrected chi connectivity index (χ4v) is 2.06. The summed E-state index contributed by atoms with van der Waals surface area (Å²) in [6.07, 6.45) is 1.30. The van der Waals surface area contributed by atoms with Crippen LogP contribution in [0.3, 0.4) is 0 Å². The SMILES string of the molecule is COCc1c(C(=O)N/N=C/c2ccccc2O)nnn1-c1nonc1N. The molecule has 0 aliphatic rings. The Kier molecular flexibility index (Phi) is 4.85. The van der Waals surface area contributed by atoms with Crippen molar-refractivity contribution in [3.8, 4) is 11.6 Å². The Balaban J connectivity index is 1.82. The molecule has 0 aliphatic heterocycles. The van der Waals surface area contributed by atoms with Crippen LogP contribution in [0.4, 0.5) is 5.82 Å². The summed E-state index contributed by atoms with van der Waals surface area (Å²) in [4.78, 5) is 12.3. The standard InChI is InChI=1S/C14H14N8O4/c1-25-7-9-11(17-21-22(9)13-12(15)19-26-20-13)14(24)18-16-6-8-4-2-3-5-10(8)23/h2-6,23H,7H2,1H3,(H2,15,19)(H,18,24)/b16-6+. The molecule has 1 amide bonds. The Morgan fingerprint density at radius 1 is 1.46 bits per heavy atom. The summed E-state index contributed by atoms with van der Waals surface area (Å²) in [7, 11) is 1.44. The highest BCUT2D eigenvalue weighted by Gasteiger charge is 2.23. The fourth-order valence-electron chi connectivity index (χ4n) is 2.06. The Morgan fingerprint density at radius 2 is 2.27 bits per heavy atom. The molecule has 3 rings (SSSR count). The van der Waals surface area contributed by atoms with Crippen LogP contribution in [0.15, 0.2) is 34.0 Å². The lowest BCUT2D eigenvalue weighted by Crippen LogP contribution is -2.20. The smallest absolute Gasteiger partial charge is 0.293 e. The summed E-state index contributed by atoms with van der Waals surface area (Å²) >= 11 is 0. The topological polar surface area (TPSA) is 167 Å². The number of nitrogens with one attached hydrogen (secondary N) is 1. The molecule has 0 radical (unpaired) electrons. The Hall–Kier alpha value is -3.80. The van der Waals surface area contributed by atoms with E-state index < -0.39 is 5.91 Å². The highest BCUT2D eigenvalue weighted by Crippen LogP contribution is 2.16. The summed E-state index contributed by atoms with van der Waals surface area (Å²) in [6, 6.07) is 6.53. The maximum absolute atomic E-state index is 12.3. The first-order valence-electron chi connectivity index (χ1n) is 7.25. The fraction of sp³-hybridized carbons (Fsp3) is 0.143. The van der Waals surface area contributed by atoms with E-state index in [1.165, 1.54) is 24.1 Å². The van der Waals surface area contributed by atoms with Crippen LogP contribution in [0.1, 0.15) is 21.7 Å². The number of hydrogen-bond donors (Lipinski definition) is 3. The minimum Gasteiger partial charge on any atom is -0.507 e. The highest BCUT2D eigenvalue weighted by atomic mass is 16.6. The zero-order valence-electron chi connectivity index (χ0n) is 13.5. The van der Waals surface area contributed by atoms with Gasteiger partial charge in [0.1, 0.15) is 11.4 Å². The van der Waals surface area contributed by atoms with Gasteiger partial charge in [-0.3, -0.25) is 4.79 Å². The van der Waals surface area contributed by atoms with Crippen molar-refractivity contribution in [2.75, 3.05) is 12.8 Å². The molecule has 3 aromatic rings. The van der Waals surface area contributed by atoms with Gasteiger partial charge in [-0.15, -0.1) is 5.10 Å². The molecule has 12 nitrogen and oxygen atoms in total. The summed E-state index contributed by atoms with van der Waals surface area (Å²) in [5, 5.41) is 28.2. The third-order valence-electron chi connectivity index (χ3n) is 3.26. The van der Waals surface area contributed by atoms with E-state index in [1.54, 1.807) is 18.2 Å². The third kappa shape index (κ3) is 3.34. The van der Waals surface area contributed by atoms with E-state index in [0.717, 1.165) is 0 Å². The summed E-state index contributed by atoms with van der Waals surface area (Å²) in [6.45, 7) is 0.00520. The van der Waals surface area contributed by atoms with Crippen LogP contribution in [0, 0.1) is 0 Å². The number of rotatable bonds is 6. The van der Waals surface area contributed by atoms with Gasteiger partial charge in [0, 0.05) is 12.7 Å². The number of phenolic OH excluding ortho intramolecular Hbond substituents is 1. The Bertz CT molecular complexity index is 948. The summed E-state index contributed by atoms with van der Waals surface area (Å²) in [5.74, 6) is -0.534. The van der Waals surface area contributed by atoms with Gasteiger partial charge >= 0.3 is 0 Å². The van der Waals surface area contributed by atoms with Gasteiger partial charge in [-0.2, -0.15) is 9.78 Å². The van der Waals surface area contributed by atoms with Crippen LogP contribution in [-0.2, 0) is 11.3 Å². The number of nitrogens with zero attached hydrogens (tertiary/aromatic N) is 6. The summed E-state index contributed by atoms with van der Waals surface area (Å²) < 4.78 is 10.8. The Morgan fingerprint density at radius 3 is 2.96 bits per heavy atom. The van der Waals surface area contributed by atoms with Crippen molar-refractivity contribution in [1.82, 2.24) is 30.7 Å². The second kappa shape index (κ2) is 7.40. The van der Waals surface area contributed by atoms with E-state index in [0.29, 0.717) is 5.56 Å². The normalized spacial score (nSPS) is 11.1. The lowest BCUT2D eigenvalue weighted by atomic mass is 10.2. The quantitative estimate of drug-likeness (QED) is 0.401. The predicted molar refractivity (Wildman–Crippen MR) is 87.5 cm³/mol. The molecule has 0 aliphatic carbocycles. The van der Waals surface area contributed by atoms with Crippen LogP contribution in [0.2, 0.25) is 0 Å². The average molecular weight is 358 g/mol. The van der Waals surface area contributed by atoms with Crippen LogP contribution in [0.25, 0.3) is 5.82 Å². The van der Waals surface area contributed by atoms with E-state index in [4.69, 9.17) is 10.5 Å². The number of anilines is 1. The number of hydrogen-bond acceptors (Lipinski definition) is 10. The number of carbonyl (C=O) groups excluding carboxylic acids is 1. The maximum atomic E-state index is 12.3. The minimum absolute atomic E-state index is 0.00520. The van der Waals surface area contributed by atoms with Gasteiger partial charge in [0.05, 0.1) is 12.8 Å². The molecule has 0 unspecified atom stereocenters. The zero-order chi connectivity index (χ0) is 18.5. The van der Waals surface area contributed by atoms with E-state index in [-0.39, 0.29) is 35.4 Å². The number of ether oxygens (including phenoxy) is 1. The molecule has 26 heavy (non-hydrogen) atoms. The lowest BCUT2D eigenvalue weighted by Gasteiger charge is -2.04. The van der Waals surface area contributed by atoms with Gasteiger partial charge in [-0.25, -0.2) is 10.1 Å². The second-order valence-electron chi connectivity index (χ2n) is 4.96. The van der Waals surface area contributed by atoms with Gasteiger partial charge in [-0.1, -0.05) is 17.3 Å². The molecule has 4 N–H and O–H groups in total. The van der Waals surface area contributed by atoms with Gasteiger partial charge < -0.3 is 15.6 Å². The lowest BCUT2D eigenvalue weighted by molar-refractivity contribution is 0.0944. The van der Waals surface area contributed by atoms with Crippen molar-refractivity contribution < 1.29 is 19.3 Å². The van der Waals surface area contributed by atoms with Crippen molar-refractivity contribution >= 4 is 17.9 Å². The van der Waals surface area contributed by atoms with Gasteiger partial charge in [0.15, 0.2) is 5.69 Å². The van der Waals surface area contributed by atoms with Crippen molar-refractivity contribution in [3.05, 3.63) is 41.2 Å². The monoisotopic (exact) mass is 358 g/mol. The van der Waals surface area contributed by atoms with E-state index in [9.17, 15) is 9.90 Å². The first-order valence-corrected chi connectivity index (χ1v) is 7.25. The number of nitrogens with two attached hydrogens (primary N) is 1. The number of hydrazone groups is 1. The Labute approximate surface area is 146 Å². The number of phenols is 1. The molecule has 2 aromatic heterocycles. The number of aromatic nitrogens is 5. The number of benzene rings is 1. The molecule has 12 heteroatoms. The molecule has 0 fully saturated rings. The van der Waals surface area contributed by atoms with Gasteiger partial charge in [0.2, 0.25) is 11.6 Å². The predicted octanol–water partition coefficient (Wildman–Crippen LogP) is -0.152. The first-order chi connectivity index (χ1) is 12.6. The van der Waals surface area contributed by atoms with Crippen molar-refractivity contribution in [2.45, 2.75) is 6.61 Å². The number of aromatic hydroxyl groups is 1. The largest absolute Gasteiger partial charge is 0.507 e. The molecule has 134 valence electrons. The minimum atomic E-state index is -0.634. The van der Waals surface area contributed by atoms with Crippen molar-refractivity contribution in [2.24, 2.45) is 5.10 Å². The van der Waals surface area contributed by atoms with Crippen LogP contribution < -0.4 is 11.2 Å². The summed E-state index contributed by atoms with van der Waals surface area (Å²) in [5.41, 5.74) is 8.63. The molecular formula is C14H14N8O4. The third-order valence-corrected chi connectivity index (χ3v) is 3.26. The zero-order valence-corrected chi connectivity index (χ0v) is 13.5. The number of para-hydroxylation sites is 1. The van der Waals surface area contributed by atoms with Crippen LogP contribution >= 0.6 is 0 Å². The molecule has 0 saturated heterocycles.